The number of alkyl halides is 3. The molecule has 0 saturated heterocycles. The minimum atomic E-state index is -4.84. The van der Waals surface area contributed by atoms with E-state index in [9.17, 15) is 26.4 Å². The molecule has 8 nitrogen and oxygen atoms in total. The zero-order valence-electron chi connectivity index (χ0n) is 17.8. The molecule has 0 unspecified atom stereocenters. The van der Waals surface area contributed by atoms with E-state index >= 15 is 0 Å². The van der Waals surface area contributed by atoms with Gasteiger partial charge >= 0.3 is 16.5 Å². The van der Waals surface area contributed by atoms with Crippen LogP contribution in [0, 0.1) is 0 Å². The molecule has 3 aromatic rings. The first-order chi connectivity index (χ1) is 15.3. The van der Waals surface area contributed by atoms with E-state index in [0.29, 0.717) is 12.1 Å². The van der Waals surface area contributed by atoms with Crippen molar-refractivity contribution < 1.29 is 39.7 Å². The number of hydrogen-bond donors (Lipinski definition) is 0. The number of fused-ring (bicyclic) bond motifs is 1. The van der Waals surface area contributed by atoms with Gasteiger partial charge in [0, 0.05) is 6.54 Å². The predicted molar refractivity (Wildman–Crippen MR) is 114 cm³/mol. The van der Waals surface area contributed by atoms with E-state index in [4.69, 9.17) is 13.3 Å². The van der Waals surface area contributed by atoms with Crippen LogP contribution < -0.4 is 19.1 Å². The zero-order chi connectivity index (χ0) is 24.4. The summed E-state index contributed by atoms with van der Waals surface area (Å²) in [6, 6.07) is 7.32. The van der Waals surface area contributed by atoms with Gasteiger partial charge in [0.05, 0.1) is 17.2 Å². The van der Waals surface area contributed by atoms with E-state index < -0.39 is 27.7 Å². The molecule has 0 saturated carbocycles. The summed E-state index contributed by atoms with van der Waals surface area (Å²) in [5.41, 5.74) is -0.145. The summed E-state index contributed by atoms with van der Waals surface area (Å²) >= 11 is 0. The lowest BCUT2D eigenvalue weighted by atomic mass is 10.1. The smallest absolute Gasteiger partial charge is 0.485 e. The van der Waals surface area contributed by atoms with Gasteiger partial charge in [-0.05, 0) is 43.9 Å². The van der Waals surface area contributed by atoms with Crippen LogP contribution in [-0.4, -0.2) is 53.2 Å². The van der Waals surface area contributed by atoms with Crippen LogP contribution in [0.4, 0.5) is 13.2 Å². The largest absolute Gasteiger partial charge is 0.573 e. The molecule has 3 rings (SSSR count). The SMILES string of the molecule is CN(C)CCOc1c(OS(C)(=O)=O)ccc2c(=O)c(-c3ccc(OC(F)(F)F)cc3)coc12. The number of benzene rings is 2. The second-order valence-electron chi connectivity index (χ2n) is 7.26. The topological polar surface area (TPSA) is 95.3 Å². The number of rotatable bonds is 8. The number of ether oxygens (including phenoxy) is 2. The fourth-order valence-electron chi connectivity index (χ4n) is 2.89. The van der Waals surface area contributed by atoms with Gasteiger partial charge in [0.2, 0.25) is 11.2 Å². The summed E-state index contributed by atoms with van der Waals surface area (Å²) in [7, 11) is -0.256. The van der Waals surface area contributed by atoms with Crippen molar-refractivity contribution in [3.05, 3.63) is 52.9 Å². The highest BCUT2D eigenvalue weighted by molar-refractivity contribution is 7.86. The molecule has 0 amide bonds. The molecule has 33 heavy (non-hydrogen) atoms. The first kappa shape index (κ1) is 24.4. The van der Waals surface area contributed by atoms with E-state index in [2.05, 4.69) is 4.74 Å². The number of halogens is 3. The monoisotopic (exact) mass is 487 g/mol. The van der Waals surface area contributed by atoms with Gasteiger partial charge in [-0.2, -0.15) is 8.42 Å². The molecule has 0 aliphatic heterocycles. The lowest BCUT2D eigenvalue weighted by Crippen LogP contribution is -2.20. The van der Waals surface area contributed by atoms with Crippen molar-refractivity contribution in [2.75, 3.05) is 33.5 Å². The molecule has 178 valence electrons. The van der Waals surface area contributed by atoms with Gasteiger partial charge in [-0.3, -0.25) is 4.79 Å². The van der Waals surface area contributed by atoms with Crippen LogP contribution in [0.2, 0.25) is 0 Å². The van der Waals surface area contributed by atoms with Gasteiger partial charge in [-0.1, -0.05) is 12.1 Å². The normalized spacial score (nSPS) is 12.2. The second-order valence-corrected chi connectivity index (χ2v) is 8.83. The van der Waals surface area contributed by atoms with Crippen LogP contribution in [0.1, 0.15) is 0 Å². The molecule has 0 atom stereocenters. The molecule has 1 heterocycles. The van der Waals surface area contributed by atoms with Crippen LogP contribution in [0.3, 0.4) is 0 Å². The summed E-state index contributed by atoms with van der Waals surface area (Å²) in [4.78, 5) is 14.9. The van der Waals surface area contributed by atoms with Crippen LogP contribution in [0.15, 0.2) is 51.9 Å². The minimum Gasteiger partial charge on any atom is -0.485 e. The van der Waals surface area contributed by atoms with Crippen molar-refractivity contribution >= 4 is 21.1 Å². The van der Waals surface area contributed by atoms with Gasteiger partial charge in [0.15, 0.2) is 11.3 Å². The Hall–Kier alpha value is -3.25. The maximum atomic E-state index is 13.1. The second kappa shape index (κ2) is 9.32. The van der Waals surface area contributed by atoms with Crippen LogP contribution in [-0.2, 0) is 10.1 Å². The summed E-state index contributed by atoms with van der Waals surface area (Å²) < 4.78 is 80.4. The average molecular weight is 487 g/mol. The van der Waals surface area contributed by atoms with Gasteiger partial charge in [-0.15, -0.1) is 13.2 Å². The third kappa shape index (κ3) is 6.39. The Bertz CT molecular complexity index is 1300. The fourth-order valence-corrected chi connectivity index (χ4v) is 3.35. The molecule has 0 aliphatic carbocycles. The van der Waals surface area contributed by atoms with Crippen LogP contribution in [0.5, 0.6) is 17.2 Å². The Morgan fingerprint density at radius 1 is 1.06 bits per heavy atom. The van der Waals surface area contributed by atoms with Crippen LogP contribution in [0.25, 0.3) is 22.1 Å². The quantitative estimate of drug-likeness (QED) is 0.445. The van der Waals surface area contributed by atoms with Gasteiger partial charge < -0.3 is 23.0 Å². The zero-order valence-corrected chi connectivity index (χ0v) is 18.6. The Balaban J connectivity index is 2.05. The first-order valence-electron chi connectivity index (χ1n) is 9.46. The fraction of sp³-hybridized carbons (Fsp3) is 0.286. The molecule has 0 N–H and O–H groups in total. The number of nitrogens with zero attached hydrogens (tertiary/aromatic N) is 1. The van der Waals surface area contributed by atoms with Crippen molar-refractivity contribution in [2.45, 2.75) is 6.36 Å². The maximum absolute atomic E-state index is 13.1. The lowest BCUT2D eigenvalue weighted by molar-refractivity contribution is -0.274. The Kier molecular flexibility index (Phi) is 6.89. The van der Waals surface area contributed by atoms with E-state index in [-0.39, 0.29) is 34.6 Å². The van der Waals surface area contributed by atoms with E-state index in [1.165, 1.54) is 24.3 Å². The maximum Gasteiger partial charge on any atom is 0.573 e. The number of likely N-dealkylation sites (N-methyl/N-ethyl adjacent to an activating group) is 1. The van der Waals surface area contributed by atoms with Crippen LogP contribution >= 0.6 is 0 Å². The molecule has 0 radical (unpaired) electrons. The third-order valence-electron chi connectivity index (χ3n) is 4.28. The molecule has 12 heteroatoms. The van der Waals surface area contributed by atoms with Crippen molar-refractivity contribution in [3.63, 3.8) is 0 Å². The average Bonchev–Trinajstić information content (AvgIpc) is 2.68. The highest BCUT2D eigenvalue weighted by Crippen LogP contribution is 2.36. The molecule has 0 bridgehead atoms. The molecule has 0 aliphatic rings. The summed E-state index contributed by atoms with van der Waals surface area (Å²) in [6.07, 6.45) is -2.85. The Morgan fingerprint density at radius 2 is 1.73 bits per heavy atom. The summed E-state index contributed by atoms with van der Waals surface area (Å²) in [6.45, 7) is 0.641. The summed E-state index contributed by atoms with van der Waals surface area (Å²) in [5.74, 6) is -0.638. The highest BCUT2D eigenvalue weighted by atomic mass is 32.2. The summed E-state index contributed by atoms with van der Waals surface area (Å²) in [5, 5.41) is 0.0730. The number of hydrogen-bond acceptors (Lipinski definition) is 8. The predicted octanol–water partition coefficient (Wildman–Crippen LogP) is 3.64. The van der Waals surface area contributed by atoms with E-state index in [1.54, 1.807) is 0 Å². The first-order valence-corrected chi connectivity index (χ1v) is 11.3. The van der Waals surface area contributed by atoms with Gasteiger partial charge in [-0.25, -0.2) is 0 Å². The molecular formula is C21H20F3NO7S. The third-order valence-corrected chi connectivity index (χ3v) is 4.77. The van der Waals surface area contributed by atoms with Gasteiger partial charge in [0.1, 0.15) is 18.6 Å². The molecule has 0 spiro atoms. The van der Waals surface area contributed by atoms with Gasteiger partial charge in [0.25, 0.3) is 0 Å². The van der Waals surface area contributed by atoms with Crippen molar-refractivity contribution in [3.8, 4) is 28.4 Å². The van der Waals surface area contributed by atoms with Crippen molar-refractivity contribution in [1.29, 1.82) is 0 Å². The van der Waals surface area contributed by atoms with Crippen molar-refractivity contribution in [1.82, 2.24) is 4.90 Å². The molecular weight excluding hydrogens is 467 g/mol. The highest BCUT2D eigenvalue weighted by Gasteiger charge is 2.31. The Labute approximate surface area is 187 Å². The van der Waals surface area contributed by atoms with E-state index in [1.807, 2.05) is 19.0 Å². The molecule has 1 aromatic heterocycles. The van der Waals surface area contributed by atoms with E-state index in [0.717, 1.165) is 24.7 Å². The Morgan fingerprint density at radius 3 is 2.30 bits per heavy atom. The standard InChI is InChI=1S/C21H20F3NO7S/c1-25(2)10-11-29-20-17(32-33(3,27)28)9-8-15-18(26)16(12-30-19(15)20)13-4-6-14(7-5-13)31-21(22,23)24/h4-9,12H,10-11H2,1-3H3. The van der Waals surface area contributed by atoms with Crippen molar-refractivity contribution in [2.24, 2.45) is 0 Å². The molecule has 2 aromatic carbocycles. The minimum absolute atomic E-state index is 0.0271. The lowest BCUT2D eigenvalue weighted by Gasteiger charge is -2.15. The molecule has 0 fully saturated rings.